The number of aromatic nitrogens is 4. The molecule has 4 atom stereocenters. The fourth-order valence-corrected chi connectivity index (χ4v) is 7.09. The molecule has 4 heterocycles. The molecule has 0 saturated carbocycles. The summed E-state index contributed by atoms with van der Waals surface area (Å²) in [5, 5.41) is 31.2. The van der Waals surface area contributed by atoms with Crippen molar-refractivity contribution in [1.82, 2.24) is 35.1 Å². The highest BCUT2D eigenvalue weighted by Gasteiger charge is 2.44. The van der Waals surface area contributed by atoms with E-state index in [2.05, 4.69) is 25.3 Å². The summed E-state index contributed by atoms with van der Waals surface area (Å²) in [5.74, 6) is -5.80. The molecule has 0 unspecified atom stereocenters. The first-order valence-corrected chi connectivity index (χ1v) is 21.9. The van der Waals surface area contributed by atoms with Crippen LogP contribution in [0.5, 0.6) is 0 Å². The van der Waals surface area contributed by atoms with Crippen molar-refractivity contribution in [3.63, 3.8) is 0 Å². The van der Waals surface area contributed by atoms with Gasteiger partial charge in [0.15, 0.2) is 6.04 Å². The van der Waals surface area contributed by atoms with E-state index < -0.39 is 95.4 Å². The molecule has 28 heteroatoms. The lowest BCUT2D eigenvalue weighted by Crippen LogP contribution is -2.51. The Hall–Kier alpha value is -7.23. The van der Waals surface area contributed by atoms with E-state index in [-0.39, 0.29) is 73.7 Å². The number of likely N-dealkylation sites (tertiary alicyclic amines) is 2. The molecule has 5 amide bonds. The molecule has 2 saturated heterocycles. The van der Waals surface area contributed by atoms with Gasteiger partial charge in [-0.15, -0.1) is 12.4 Å². The third-order valence-electron chi connectivity index (χ3n) is 10.4. The van der Waals surface area contributed by atoms with Crippen molar-refractivity contribution in [2.24, 2.45) is 17.2 Å². The minimum atomic E-state index is -4.69. The molecule has 2 aromatic heterocycles. The minimum Gasteiger partial charge on any atom is -0.480 e. The summed E-state index contributed by atoms with van der Waals surface area (Å²) in [6, 6.07) is 6.48. The second kappa shape index (κ2) is 24.7. The number of ether oxygens (including phenoxy) is 2. The third kappa shape index (κ3) is 16.7. The molecule has 0 radical (unpaired) electrons. The number of nitrogens with zero attached hydrogens (tertiary/aromatic N) is 6. The lowest BCUT2D eigenvalue weighted by molar-refractivity contribution is -0.145. The van der Waals surface area contributed by atoms with Gasteiger partial charge >= 0.3 is 30.5 Å². The summed E-state index contributed by atoms with van der Waals surface area (Å²) in [5.41, 5.74) is 17.4. The number of carbonyl (C=O) groups excluding carboxylic acids is 5. The summed E-state index contributed by atoms with van der Waals surface area (Å²) in [7, 11) is 0. The van der Waals surface area contributed by atoms with Crippen LogP contribution in [0.3, 0.4) is 0 Å². The predicted molar refractivity (Wildman–Crippen MR) is 251 cm³/mol. The molecule has 6 rings (SSSR count). The summed E-state index contributed by atoms with van der Waals surface area (Å²) in [6.07, 6.45) is -8.32. The van der Waals surface area contributed by atoms with E-state index in [1.165, 1.54) is 24.3 Å². The fourth-order valence-electron chi connectivity index (χ4n) is 7.09. The van der Waals surface area contributed by atoms with E-state index in [0.717, 1.165) is 34.6 Å². The highest BCUT2D eigenvalue weighted by Crippen LogP contribution is 2.30. The van der Waals surface area contributed by atoms with Crippen LogP contribution in [-0.4, -0.2) is 130 Å². The first-order chi connectivity index (χ1) is 33.7. The first-order valence-electron chi connectivity index (χ1n) is 21.9. The van der Waals surface area contributed by atoms with Gasteiger partial charge in [0.2, 0.25) is 29.4 Å². The summed E-state index contributed by atoms with van der Waals surface area (Å²) in [6.45, 7) is 10.3. The Kier molecular flexibility index (Phi) is 20.4. The average molecular weight is 1070 g/mol. The normalized spacial score (nSPS) is 17.6. The maximum Gasteiger partial charge on any atom is 0.451 e. The van der Waals surface area contributed by atoms with Crippen molar-refractivity contribution in [2.75, 3.05) is 13.1 Å². The summed E-state index contributed by atoms with van der Waals surface area (Å²) >= 11 is 0. The zero-order chi connectivity index (χ0) is 55.0. The number of aliphatic hydroxyl groups excluding tert-OH is 2. The number of benzene rings is 2. The van der Waals surface area contributed by atoms with Gasteiger partial charge in [-0.1, -0.05) is 12.1 Å². The van der Waals surface area contributed by atoms with Crippen LogP contribution < -0.4 is 22.5 Å². The maximum atomic E-state index is 12.9. The molecule has 2 aromatic carbocycles. The predicted octanol–water partition coefficient (Wildman–Crippen LogP) is 4.83. The van der Waals surface area contributed by atoms with Gasteiger partial charge in [0.05, 0.1) is 12.2 Å². The Morgan fingerprint density at radius 3 is 1.35 bits per heavy atom. The number of aliphatic hydroxyl groups is 2. The number of rotatable bonds is 9. The number of halogens is 7. The van der Waals surface area contributed by atoms with Crippen LogP contribution in [0.25, 0.3) is 22.3 Å². The second-order valence-corrected chi connectivity index (χ2v) is 18.3. The van der Waals surface area contributed by atoms with Crippen LogP contribution in [0, 0.1) is 0 Å². The van der Waals surface area contributed by atoms with Gasteiger partial charge in [0, 0.05) is 73.2 Å². The number of nitrogens with two attached hydrogens (primary N) is 3. The number of carboxylic acid groups (broad SMARTS) is 1. The van der Waals surface area contributed by atoms with Crippen LogP contribution in [0.1, 0.15) is 97.9 Å². The van der Waals surface area contributed by atoms with Crippen LogP contribution in [0.4, 0.5) is 35.9 Å². The number of aliphatic carboxylic acids is 1. The highest BCUT2D eigenvalue weighted by molar-refractivity contribution is 5.96. The van der Waals surface area contributed by atoms with E-state index in [4.69, 9.17) is 31.8 Å². The Morgan fingerprint density at radius 1 is 0.635 bits per heavy atom. The molecule has 4 aromatic rings. The van der Waals surface area contributed by atoms with Crippen LogP contribution >= 0.6 is 12.4 Å². The maximum absolute atomic E-state index is 12.9. The van der Waals surface area contributed by atoms with Crippen LogP contribution in [-0.2, 0) is 44.5 Å². The fraction of sp³-hybridized carbons (Fsp3) is 0.435. The molecule has 0 bridgehead atoms. The van der Waals surface area contributed by atoms with Gasteiger partial charge in [-0.2, -0.15) is 26.3 Å². The zero-order valence-corrected chi connectivity index (χ0v) is 41.3. The third-order valence-corrected chi connectivity index (χ3v) is 10.4. The molecular weight excluding hydrogens is 1020 g/mol. The topological polar surface area (TPSA) is 330 Å². The van der Waals surface area contributed by atoms with Gasteiger partial charge in [0.25, 0.3) is 0 Å². The molecule has 2 aliphatic heterocycles. The number of carboxylic acids is 1. The number of primary amides is 2. The molecular formula is C46H55ClF6N10O11. The summed E-state index contributed by atoms with van der Waals surface area (Å²) in [4.78, 5) is 86.4. The lowest BCUT2D eigenvalue weighted by atomic mass is 10.00. The van der Waals surface area contributed by atoms with Gasteiger partial charge in [-0.3, -0.25) is 24.2 Å². The summed E-state index contributed by atoms with van der Waals surface area (Å²) < 4.78 is 85.8. The van der Waals surface area contributed by atoms with E-state index in [1.54, 1.807) is 53.7 Å². The van der Waals surface area contributed by atoms with Crippen LogP contribution in [0.2, 0.25) is 0 Å². The van der Waals surface area contributed by atoms with Gasteiger partial charge in [0.1, 0.15) is 17.2 Å². The van der Waals surface area contributed by atoms with E-state index in [1.807, 2.05) is 0 Å². The molecule has 0 aliphatic carbocycles. The van der Waals surface area contributed by atoms with Crippen molar-refractivity contribution in [2.45, 2.75) is 115 Å². The first kappa shape index (κ1) is 61.1. The molecule has 74 heavy (non-hydrogen) atoms. The molecule has 2 fully saturated rings. The number of nitrogens with one attached hydrogen (secondary N) is 1. The van der Waals surface area contributed by atoms with Gasteiger partial charge in [-0.05, 0) is 101 Å². The number of hydrogen-bond acceptors (Lipinski definition) is 15. The second-order valence-electron chi connectivity index (χ2n) is 18.3. The Balaban J connectivity index is 0.000000321. The van der Waals surface area contributed by atoms with E-state index in [0.29, 0.717) is 22.3 Å². The smallest absolute Gasteiger partial charge is 0.451 e. The molecule has 0 spiro atoms. The van der Waals surface area contributed by atoms with Crippen LogP contribution in [0.15, 0.2) is 61.2 Å². The molecule has 21 nitrogen and oxygen atoms in total. The Morgan fingerprint density at radius 2 is 1.00 bits per heavy atom. The van der Waals surface area contributed by atoms with Crippen molar-refractivity contribution in [3.8, 4) is 22.3 Å². The highest BCUT2D eigenvalue weighted by atomic mass is 35.5. The monoisotopic (exact) mass is 1070 g/mol. The van der Waals surface area contributed by atoms with Gasteiger partial charge in [-0.25, -0.2) is 34.3 Å². The number of carbonyl (C=O) groups is 6. The number of alkyl halides is 6. The van der Waals surface area contributed by atoms with Crippen molar-refractivity contribution in [1.29, 1.82) is 0 Å². The van der Waals surface area contributed by atoms with E-state index >= 15 is 0 Å². The molecule has 2 aliphatic rings. The number of hydrogen-bond donors (Lipinski definition) is 7. The molecule has 10 N–H and O–H groups in total. The van der Waals surface area contributed by atoms with Gasteiger partial charge < -0.3 is 47.3 Å². The minimum absolute atomic E-state index is 0. The van der Waals surface area contributed by atoms with Crippen molar-refractivity contribution < 1.29 is 79.9 Å². The van der Waals surface area contributed by atoms with Crippen molar-refractivity contribution >= 4 is 48.3 Å². The Labute approximate surface area is 425 Å². The standard InChI is InChI=1S/C23H26F3N5O5.C13H11F3N4O.C10H17NO5.ClH/c1-22(2,3)36-21(35)31-7-6-16(32)17(31)19(34)28-9-13-8-12(4-5-15(13)18(27)33)14-10-29-20(30-11-14)23(24,25)26;14-13(15,16)12-19-5-9(6-20-12)7-1-2-10(11(18)21)8(3-7)4-17;1-10(2,3)16-9(15)11-5-4-6(12)7(11)8(13)14;/h4-5,8,10-11,16-17,32H,6-7,9H2,1-3H3,(H2,27,33)(H,28,34);1-3,5-6H,4,17H2,(H2,18,21);6-7,12H,4-5H2,1-3H3,(H,13,14);1H/t16-,17+;;6-,7+;/m1.1./s1. The average Bonchev–Trinajstić information content (AvgIpc) is 3.89. The SMILES string of the molecule is CC(C)(C)OC(=O)N1CC[C@@H](O)[C@H]1C(=O)NCc1cc(-c2cnc(C(F)(F)F)nc2)ccc1C(N)=O.CC(C)(C)OC(=O)N1CC[C@@H](O)[C@H]1C(=O)O.Cl.NCc1cc(-c2cnc(C(F)(F)F)nc2)ccc1C(N)=O. The lowest BCUT2D eigenvalue weighted by Gasteiger charge is -2.28. The quantitative estimate of drug-likeness (QED) is 0.110. The number of amides is 5. The zero-order valence-electron chi connectivity index (χ0n) is 40.5. The van der Waals surface area contributed by atoms with E-state index in [9.17, 15) is 65.3 Å². The van der Waals surface area contributed by atoms with Crippen molar-refractivity contribution in [3.05, 3.63) is 95.1 Å². The molecule has 404 valence electrons. The largest absolute Gasteiger partial charge is 0.480 e. The Bertz CT molecular complexity index is 2650.